The van der Waals surface area contributed by atoms with E-state index < -0.39 is 50.4 Å². The van der Waals surface area contributed by atoms with E-state index in [0.29, 0.717) is 5.56 Å². The number of nitro groups is 1. The third kappa shape index (κ3) is 4.85. The summed E-state index contributed by atoms with van der Waals surface area (Å²) in [5, 5.41) is 15.4. The lowest BCUT2D eigenvalue weighted by Crippen LogP contribution is -2.25. The Morgan fingerprint density at radius 3 is 2.06 bits per heavy atom. The van der Waals surface area contributed by atoms with Gasteiger partial charge in [-0.05, 0) is 40.7 Å². The number of aryl methyl sites for hydroxylation is 2. The fourth-order valence-electron chi connectivity index (χ4n) is 3.01. The highest BCUT2D eigenvalue weighted by atomic mass is 32.2. The predicted octanol–water partition coefficient (Wildman–Crippen LogP) is 6.23. The summed E-state index contributed by atoms with van der Waals surface area (Å²) < 4.78 is 76.2. The molecule has 1 heterocycles. The maximum absolute atomic E-state index is 14.3. The minimum Gasteiger partial charge on any atom is -0.403 e. The van der Waals surface area contributed by atoms with Crippen molar-refractivity contribution in [1.82, 2.24) is 9.78 Å². The number of halogens is 5. The molecule has 0 spiro atoms. The average Bonchev–Trinajstić information content (AvgIpc) is 3.09. The quantitative estimate of drug-likeness (QED) is 0.100. The first-order chi connectivity index (χ1) is 16.1. The number of carbonyl (C=O) groups is 1. The Hall–Kier alpha value is -3.48. The summed E-state index contributed by atoms with van der Waals surface area (Å²) in [7, 11) is 0. The number of nitrogens with zero attached hydrogens (tertiary/aromatic N) is 3. The second kappa shape index (κ2) is 9.29. The molecule has 0 atom stereocenters. The summed E-state index contributed by atoms with van der Waals surface area (Å²) in [6.45, 7) is 7.87. The van der Waals surface area contributed by atoms with Crippen molar-refractivity contribution in [3.63, 3.8) is 0 Å². The van der Waals surface area contributed by atoms with E-state index in [2.05, 4.69) is 5.10 Å². The molecule has 1 aromatic heterocycles. The van der Waals surface area contributed by atoms with Crippen molar-refractivity contribution in [1.29, 1.82) is 0 Å². The van der Waals surface area contributed by atoms with Gasteiger partial charge in [-0.3, -0.25) is 10.1 Å². The Balaban J connectivity index is 2.14. The van der Waals surface area contributed by atoms with Gasteiger partial charge < -0.3 is 4.74 Å². The van der Waals surface area contributed by atoms with E-state index in [4.69, 9.17) is 4.74 Å². The molecule has 3 rings (SSSR count). The summed E-state index contributed by atoms with van der Waals surface area (Å²) >= 11 is 0.150. The Labute approximate surface area is 200 Å². The zero-order valence-corrected chi connectivity index (χ0v) is 19.8. The Morgan fingerprint density at radius 1 is 1.00 bits per heavy atom. The molecule has 7 nitrogen and oxygen atoms in total. The molecule has 186 valence electrons. The van der Waals surface area contributed by atoms with Gasteiger partial charge in [0.2, 0.25) is 11.7 Å². The number of rotatable bonds is 5. The number of nitro benzene ring substituents is 1. The van der Waals surface area contributed by atoms with Gasteiger partial charge in [-0.25, -0.2) is 31.4 Å². The molecular weight excluding hydrogens is 497 g/mol. The summed E-state index contributed by atoms with van der Waals surface area (Å²) in [5.41, 5.74) is -1.02. The first-order valence-electron chi connectivity index (χ1n) is 9.91. The van der Waals surface area contributed by atoms with E-state index in [0.717, 1.165) is 6.07 Å². The molecule has 0 fully saturated rings. The molecule has 3 aromatic rings. The van der Waals surface area contributed by atoms with E-state index in [9.17, 15) is 36.9 Å². The molecule has 0 aliphatic rings. The molecule has 0 N–H and O–H groups in total. The zero-order chi connectivity index (χ0) is 26.4. The maximum Gasteiger partial charge on any atom is 0.345 e. The van der Waals surface area contributed by atoms with Crippen molar-refractivity contribution in [2.45, 2.75) is 49.9 Å². The SMILES string of the molecule is Cc1ccc(C(=O)Oc2c(Sc3c(F)c(F)c(F)c(F)c3F)c(C)nn2C(C)(C)C)cc1[N+](=O)[O-]. The van der Waals surface area contributed by atoms with E-state index in [1.54, 1.807) is 20.8 Å². The molecule has 13 heteroatoms. The Morgan fingerprint density at radius 2 is 1.54 bits per heavy atom. The van der Waals surface area contributed by atoms with Crippen LogP contribution >= 0.6 is 11.8 Å². The van der Waals surface area contributed by atoms with Crippen molar-refractivity contribution < 1.29 is 36.4 Å². The van der Waals surface area contributed by atoms with E-state index in [-0.39, 0.29) is 39.5 Å². The van der Waals surface area contributed by atoms with Crippen LogP contribution in [0.15, 0.2) is 28.0 Å². The van der Waals surface area contributed by atoms with Gasteiger partial charge >= 0.3 is 5.97 Å². The van der Waals surface area contributed by atoms with Gasteiger partial charge in [-0.2, -0.15) is 5.10 Å². The van der Waals surface area contributed by atoms with Crippen LogP contribution in [0.5, 0.6) is 5.88 Å². The van der Waals surface area contributed by atoms with Crippen LogP contribution in [-0.2, 0) is 5.54 Å². The molecule has 0 amide bonds. The molecule has 2 aromatic carbocycles. The number of ether oxygens (including phenoxy) is 1. The standard InChI is InChI=1S/C22H18F5N3O4S/c1-9-6-7-11(8-12(9)30(32)33)21(31)34-20-18(10(2)28-29(20)22(3,4)5)35-19-16(26)14(24)13(23)15(25)17(19)27/h6-8H,1-5H3. The smallest absolute Gasteiger partial charge is 0.345 e. The molecule has 0 unspecified atom stereocenters. The van der Waals surface area contributed by atoms with Gasteiger partial charge in [-0.15, -0.1) is 0 Å². The third-order valence-electron chi connectivity index (χ3n) is 4.81. The molecule has 0 aliphatic carbocycles. The largest absolute Gasteiger partial charge is 0.403 e. The van der Waals surface area contributed by atoms with Crippen LogP contribution in [0.2, 0.25) is 0 Å². The van der Waals surface area contributed by atoms with Gasteiger partial charge in [0.15, 0.2) is 23.3 Å². The van der Waals surface area contributed by atoms with Gasteiger partial charge in [-0.1, -0.05) is 17.8 Å². The summed E-state index contributed by atoms with van der Waals surface area (Å²) in [6.07, 6.45) is 0. The Kier molecular flexibility index (Phi) is 6.93. The minimum absolute atomic E-state index is 0.0755. The van der Waals surface area contributed by atoms with Crippen LogP contribution in [0.4, 0.5) is 27.6 Å². The first-order valence-corrected chi connectivity index (χ1v) is 10.7. The lowest BCUT2D eigenvalue weighted by molar-refractivity contribution is -0.385. The van der Waals surface area contributed by atoms with Crippen LogP contribution in [0.1, 0.15) is 42.4 Å². The molecule has 0 bridgehead atoms. The highest BCUT2D eigenvalue weighted by Crippen LogP contribution is 2.43. The highest BCUT2D eigenvalue weighted by molar-refractivity contribution is 7.99. The van der Waals surface area contributed by atoms with Crippen molar-refractivity contribution in [2.75, 3.05) is 0 Å². The molecule has 0 saturated carbocycles. The second-order valence-electron chi connectivity index (χ2n) is 8.45. The van der Waals surface area contributed by atoms with Crippen molar-refractivity contribution in [3.8, 4) is 5.88 Å². The lowest BCUT2D eigenvalue weighted by Gasteiger charge is -2.22. The predicted molar refractivity (Wildman–Crippen MR) is 115 cm³/mol. The summed E-state index contributed by atoms with van der Waals surface area (Å²) in [5.74, 6) is -12.1. The number of esters is 1. The number of benzene rings is 2. The van der Waals surface area contributed by atoms with Crippen LogP contribution in [0, 0.1) is 53.0 Å². The van der Waals surface area contributed by atoms with Gasteiger partial charge in [0.25, 0.3) is 5.69 Å². The summed E-state index contributed by atoms with van der Waals surface area (Å²) in [4.78, 5) is 22.0. The van der Waals surface area contributed by atoms with Crippen molar-refractivity contribution in [3.05, 3.63) is 74.2 Å². The normalized spacial score (nSPS) is 11.6. The van der Waals surface area contributed by atoms with Crippen LogP contribution in [-0.4, -0.2) is 20.7 Å². The fourth-order valence-corrected chi connectivity index (χ4v) is 3.98. The van der Waals surface area contributed by atoms with E-state index in [1.165, 1.54) is 30.7 Å². The number of hydrogen-bond acceptors (Lipinski definition) is 6. The van der Waals surface area contributed by atoms with Gasteiger partial charge in [0.1, 0.15) is 0 Å². The molecule has 35 heavy (non-hydrogen) atoms. The molecule has 0 radical (unpaired) electrons. The van der Waals surface area contributed by atoms with Gasteiger partial charge in [0, 0.05) is 11.6 Å². The van der Waals surface area contributed by atoms with E-state index >= 15 is 0 Å². The molecule has 0 aliphatic heterocycles. The molecular formula is C22H18F5N3O4S. The van der Waals surface area contributed by atoms with E-state index in [1.807, 2.05) is 0 Å². The Bertz CT molecular complexity index is 1340. The fraction of sp³-hybridized carbons (Fsp3) is 0.273. The lowest BCUT2D eigenvalue weighted by atomic mass is 10.1. The number of aromatic nitrogens is 2. The van der Waals surface area contributed by atoms with Gasteiger partial charge in [0.05, 0.1) is 31.5 Å². The average molecular weight is 515 g/mol. The van der Waals surface area contributed by atoms with Crippen molar-refractivity contribution >= 4 is 23.4 Å². The highest BCUT2D eigenvalue weighted by Gasteiger charge is 2.32. The first kappa shape index (κ1) is 26.1. The number of carbonyl (C=O) groups excluding carboxylic acids is 1. The maximum atomic E-state index is 14.3. The number of hydrogen-bond donors (Lipinski definition) is 0. The van der Waals surface area contributed by atoms with Crippen LogP contribution in [0.3, 0.4) is 0 Å². The monoisotopic (exact) mass is 515 g/mol. The van der Waals surface area contributed by atoms with Crippen LogP contribution < -0.4 is 4.74 Å². The minimum atomic E-state index is -2.31. The third-order valence-corrected chi connectivity index (χ3v) is 6.04. The topological polar surface area (TPSA) is 87.3 Å². The zero-order valence-electron chi connectivity index (χ0n) is 19.0. The van der Waals surface area contributed by atoms with Crippen LogP contribution in [0.25, 0.3) is 0 Å². The molecule has 0 saturated heterocycles. The van der Waals surface area contributed by atoms with Crippen molar-refractivity contribution in [2.24, 2.45) is 0 Å². The summed E-state index contributed by atoms with van der Waals surface area (Å²) in [6, 6.07) is 3.62. The second-order valence-corrected chi connectivity index (χ2v) is 9.47.